The number of anilines is 1. The molecule has 1 aromatic carbocycles. The number of phenolic OH excluding ortho intramolecular Hbond substituents is 1. The molecule has 3 N–H and O–H groups in total. The van der Waals surface area contributed by atoms with Crippen LogP contribution in [0.1, 0.15) is 46.4 Å². The summed E-state index contributed by atoms with van der Waals surface area (Å²) < 4.78 is 0. The summed E-state index contributed by atoms with van der Waals surface area (Å²) in [5.41, 5.74) is 5.29. The lowest BCUT2D eigenvalue weighted by Crippen LogP contribution is -2.41. The van der Waals surface area contributed by atoms with Crippen LogP contribution in [-0.2, 0) is 0 Å². The van der Waals surface area contributed by atoms with Crippen molar-refractivity contribution in [1.82, 2.24) is 15.8 Å². The van der Waals surface area contributed by atoms with E-state index in [4.69, 9.17) is 0 Å². The van der Waals surface area contributed by atoms with Gasteiger partial charge in [0.2, 0.25) is 0 Å². The van der Waals surface area contributed by atoms with Crippen molar-refractivity contribution >= 4 is 17.6 Å². The number of hydrogen-bond acceptors (Lipinski definition) is 5. The van der Waals surface area contributed by atoms with E-state index in [1.165, 1.54) is 31.2 Å². The fourth-order valence-electron chi connectivity index (χ4n) is 2.91. The van der Waals surface area contributed by atoms with Gasteiger partial charge >= 0.3 is 0 Å². The van der Waals surface area contributed by atoms with Crippen molar-refractivity contribution in [2.75, 3.05) is 18.0 Å². The van der Waals surface area contributed by atoms with Crippen LogP contribution in [0.3, 0.4) is 0 Å². The number of nitrogens with zero attached hydrogens (tertiary/aromatic N) is 2. The molecule has 1 aromatic heterocycles. The van der Waals surface area contributed by atoms with Crippen LogP contribution in [0.5, 0.6) is 5.75 Å². The number of aromatic nitrogens is 1. The van der Waals surface area contributed by atoms with Crippen molar-refractivity contribution in [1.29, 1.82) is 0 Å². The lowest BCUT2D eigenvalue weighted by Gasteiger charge is -2.21. The number of phenols is 1. The van der Waals surface area contributed by atoms with Gasteiger partial charge in [-0.1, -0.05) is 18.9 Å². The molecule has 0 unspecified atom stereocenters. The van der Waals surface area contributed by atoms with Gasteiger partial charge in [0.1, 0.15) is 11.6 Å². The first-order valence-electron chi connectivity index (χ1n) is 8.74. The number of rotatable bonds is 3. The number of carbonyl (C=O) groups excluding carboxylic acids is 2. The minimum Gasteiger partial charge on any atom is -0.508 e. The quantitative estimate of drug-likeness (QED) is 0.735. The normalized spacial score (nSPS) is 14.4. The Hall–Kier alpha value is -3.09. The summed E-state index contributed by atoms with van der Waals surface area (Å²) in [7, 11) is 0. The molecule has 0 saturated carbocycles. The molecule has 0 spiro atoms. The fourth-order valence-corrected chi connectivity index (χ4v) is 2.91. The molecule has 2 heterocycles. The minimum absolute atomic E-state index is 0.0164. The standard InChI is InChI=1S/C19H22N4O3/c24-16-7-5-6-14(12-16)18(25)21-22-19(26)15-8-9-17(20-13-15)23-10-3-1-2-4-11-23/h5-9,12-13,24H,1-4,10-11H2,(H,21,25)(H,22,26). The molecule has 0 radical (unpaired) electrons. The third-order valence-corrected chi connectivity index (χ3v) is 4.34. The third-order valence-electron chi connectivity index (χ3n) is 4.34. The van der Waals surface area contributed by atoms with Crippen molar-refractivity contribution in [2.45, 2.75) is 25.7 Å². The Bertz CT molecular complexity index is 769. The van der Waals surface area contributed by atoms with Crippen LogP contribution < -0.4 is 15.8 Å². The first kappa shape index (κ1) is 17.7. The Labute approximate surface area is 152 Å². The molecule has 26 heavy (non-hydrogen) atoms. The van der Waals surface area contributed by atoms with Crippen molar-refractivity contribution < 1.29 is 14.7 Å². The number of amides is 2. The fraction of sp³-hybridized carbons (Fsp3) is 0.316. The van der Waals surface area contributed by atoms with E-state index < -0.39 is 11.8 Å². The average molecular weight is 354 g/mol. The van der Waals surface area contributed by atoms with Crippen LogP contribution in [0.15, 0.2) is 42.6 Å². The van der Waals surface area contributed by atoms with Gasteiger partial charge in [0.15, 0.2) is 0 Å². The van der Waals surface area contributed by atoms with Gasteiger partial charge in [-0.25, -0.2) is 4.98 Å². The lowest BCUT2D eigenvalue weighted by molar-refractivity contribution is 0.0846. The van der Waals surface area contributed by atoms with Gasteiger partial charge in [0.05, 0.1) is 5.56 Å². The molecule has 0 aliphatic carbocycles. The Morgan fingerprint density at radius 3 is 2.23 bits per heavy atom. The molecular weight excluding hydrogens is 332 g/mol. The van der Waals surface area contributed by atoms with Gasteiger partial charge in [0, 0.05) is 24.8 Å². The number of aromatic hydroxyl groups is 1. The zero-order valence-corrected chi connectivity index (χ0v) is 14.4. The van der Waals surface area contributed by atoms with Gasteiger partial charge < -0.3 is 10.0 Å². The number of hydrazine groups is 1. The Morgan fingerprint density at radius 2 is 1.62 bits per heavy atom. The molecule has 1 aliphatic heterocycles. The van der Waals surface area contributed by atoms with Crippen LogP contribution in [0, 0.1) is 0 Å². The maximum absolute atomic E-state index is 12.2. The van der Waals surface area contributed by atoms with Crippen molar-refractivity contribution in [3.05, 3.63) is 53.7 Å². The van der Waals surface area contributed by atoms with E-state index >= 15 is 0 Å². The van der Waals surface area contributed by atoms with Crippen LogP contribution in [0.25, 0.3) is 0 Å². The molecule has 1 saturated heterocycles. The highest BCUT2D eigenvalue weighted by Gasteiger charge is 2.13. The molecule has 0 bridgehead atoms. The third kappa shape index (κ3) is 4.50. The van der Waals surface area contributed by atoms with E-state index in [-0.39, 0.29) is 11.3 Å². The van der Waals surface area contributed by atoms with E-state index in [1.54, 1.807) is 18.2 Å². The highest BCUT2D eigenvalue weighted by atomic mass is 16.3. The predicted molar refractivity (Wildman–Crippen MR) is 98.0 cm³/mol. The molecule has 2 amide bonds. The van der Waals surface area contributed by atoms with Crippen LogP contribution >= 0.6 is 0 Å². The smallest absolute Gasteiger partial charge is 0.271 e. The average Bonchev–Trinajstić information content (AvgIpc) is 2.95. The van der Waals surface area contributed by atoms with Crippen molar-refractivity contribution in [3.63, 3.8) is 0 Å². The maximum atomic E-state index is 12.2. The first-order valence-corrected chi connectivity index (χ1v) is 8.74. The second-order valence-corrected chi connectivity index (χ2v) is 6.26. The highest BCUT2D eigenvalue weighted by molar-refractivity contribution is 5.99. The summed E-state index contributed by atoms with van der Waals surface area (Å²) in [5, 5.41) is 9.39. The molecule has 7 heteroatoms. The summed E-state index contributed by atoms with van der Waals surface area (Å²) >= 11 is 0. The number of nitrogens with one attached hydrogen (secondary N) is 2. The second-order valence-electron chi connectivity index (χ2n) is 6.26. The largest absolute Gasteiger partial charge is 0.508 e. The van der Waals surface area contributed by atoms with E-state index in [0.29, 0.717) is 5.56 Å². The van der Waals surface area contributed by atoms with Gasteiger partial charge in [-0.05, 0) is 43.2 Å². The molecular formula is C19H22N4O3. The Balaban J connectivity index is 1.57. The van der Waals surface area contributed by atoms with E-state index in [0.717, 1.165) is 31.7 Å². The number of benzene rings is 1. The molecule has 136 valence electrons. The zero-order chi connectivity index (χ0) is 18.4. The van der Waals surface area contributed by atoms with Crippen LogP contribution in [0.2, 0.25) is 0 Å². The van der Waals surface area contributed by atoms with Crippen molar-refractivity contribution in [2.24, 2.45) is 0 Å². The van der Waals surface area contributed by atoms with Crippen LogP contribution in [-0.4, -0.2) is 35.0 Å². The van der Waals surface area contributed by atoms with Gasteiger partial charge in [-0.3, -0.25) is 20.4 Å². The number of carbonyl (C=O) groups is 2. The topological polar surface area (TPSA) is 94.6 Å². The van der Waals surface area contributed by atoms with E-state index in [2.05, 4.69) is 20.7 Å². The molecule has 2 aromatic rings. The zero-order valence-electron chi connectivity index (χ0n) is 14.4. The maximum Gasteiger partial charge on any atom is 0.271 e. The number of pyridine rings is 1. The van der Waals surface area contributed by atoms with Crippen LogP contribution in [0.4, 0.5) is 5.82 Å². The Kier molecular flexibility index (Phi) is 5.68. The summed E-state index contributed by atoms with van der Waals surface area (Å²) in [6.07, 6.45) is 6.32. The highest BCUT2D eigenvalue weighted by Crippen LogP contribution is 2.17. The summed E-state index contributed by atoms with van der Waals surface area (Å²) in [6, 6.07) is 9.41. The SMILES string of the molecule is O=C(NNC(=O)c1cccc(O)c1)c1ccc(N2CCCCCC2)nc1. The molecule has 3 rings (SSSR count). The number of hydrogen-bond donors (Lipinski definition) is 3. The van der Waals surface area contributed by atoms with Gasteiger partial charge in [0.25, 0.3) is 11.8 Å². The van der Waals surface area contributed by atoms with E-state index in [1.807, 2.05) is 6.07 Å². The summed E-state index contributed by atoms with van der Waals surface area (Å²) in [4.78, 5) is 30.7. The summed E-state index contributed by atoms with van der Waals surface area (Å²) in [5.74, 6) is -0.110. The Morgan fingerprint density at radius 1 is 0.923 bits per heavy atom. The van der Waals surface area contributed by atoms with Gasteiger partial charge in [-0.15, -0.1) is 0 Å². The monoisotopic (exact) mass is 354 g/mol. The molecule has 1 fully saturated rings. The van der Waals surface area contributed by atoms with Crippen molar-refractivity contribution in [3.8, 4) is 5.75 Å². The predicted octanol–water partition coefficient (Wildman–Crippen LogP) is 2.24. The second kappa shape index (κ2) is 8.33. The lowest BCUT2D eigenvalue weighted by atomic mass is 10.2. The molecule has 0 atom stereocenters. The first-order chi connectivity index (χ1) is 12.6. The molecule has 7 nitrogen and oxygen atoms in total. The van der Waals surface area contributed by atoms with Gasteiger partial charge in [-0.2, -0.15) is 0 Å². The summed E-state index contributed by atoms with van der Waals surface area (Å²) in [6.45, 7) is 1.97. The van der Waals surface area contributed by atoms with E-state index in [9.17, 15) is 14.7 Å². The molecule has 1 aliphatic rings. The minimum atomic E-state index is -0.511.